The number of rotatable bonds is 5. The molecule has 1 fully saturated rings. The van der Waals surface area contributed by atoms with Crippen LogP contribution in [0.25, 0.3) is 0 Å². The lowest BCUT2D eigenvalue weighted by molar-refractivity contribution is 0.188. The van der Waals surface area contributed by atoms with E-state index in [1.807, 2.05) is 16.4 Å². The summed E-state index contributed by atoms with van der Waals surface area (Å²) in [4.78, 5) is 0. The number of aliphatic hydroxyl groups is 1. The fraction of sp³-hybridized carbons (Fsp3) is 0.786. The molecule has 0 amide bonds. The van der Waals surface area contributed by atoms with Crippen molar-refractivity contribution in [1.82, 2.24) is 9.78 Å². The van der Waals surface area contributed by atoms with E-state index in [1.165, 1.54) is 32.1 Å². The molecule has 0 spiro atoms. The number of aliphatic hydroxyl groups excluding tert-OH is 1. The summed E-state index contributed by atoms with van der Waals surface area (Å²) in [5, 5.41) is 15.5. The highest BCUT2D eigenvalue weighted by Crippen LogP contribution is 2.33. The molecule has 0 aromatic carbocycles. The topological polar surface area (TPSA) is 38.0 Å². The van der Waals surface area contributed by atoms with Crippen LogP contribution in [0.3, 0.4) is 0 Å². The van der Waals surface area contributed by atoms with Gasteiger partial charge in [0.15, 0.2) is 0 Å². The zero-order valence-corrected chi connectivity index (χ0v) is 14.1. The Morgan fingerprint density at radius 2 is 2.11 bits per heavy atom. The summed E-state index contributed by atoms with van der Waals surface area (Å²) in [6.45, 7) is 4.17. The molecule has 0 bridgehead atoms. The molecule has 1 heterocycles. The summed E-state index contributed by atoms with van der Waals surface area (Å²) in [5.74, 6) is 0.766. The molecule has 1 aromatic rings. The van der Waals surface area contributed by atoms with Gasteiger partial charge in [-0.15, -0.1) is 0 Å². The van der Waals surface area contributed by atoms with Gasteiger partial charge in [0.2, 0.25) is 0 Å². The Morgan fingerprint density at radius 3 is 2.74 bits per heavy atom. The Morgan fingerprint density at radius 1 is 1.42 bits per heavy atom. The second kappa shape index (κ2) is 7.14. The molecule has 5 heteroatoms. The maximum absolute atomic E-state index is 10.4. The predicted octanol–water partition coefficient (Wildman–Crippen LogP) is 4.33. The van der Waals surface area contributed by atoms with Crippen LogP contribution in [0.15, 0.2) is 10.7 Å². The number of hydrogen-bond acceptors (Lipinski definition) is 3. The summed E-state index contributed by atoms with van der Waals surface area (Å²) in [6.07, 6.45) is 8.04. The van der Waals surface area contributed by atoms with Gasteiger partial charge in [-0.05, 0) is 42.6 Å². The molecule has 1 N–H and O–H groups in total. The zero-order valence-electron chi connectivity index (χ0n) is 11.7. The summed E-state index contributed by atoms with van der Waals surface area (Å²) in [7, 11) is 0. The molecule has 1 saturated carbocycles. The minimum Gasteiger partial charge on any atom is -0.386 e. The van der Waals surface area contributed by atoms with E-state index < -0.39 is 6.10 Å². The zero-order chi connectivity index (χ0) is 13.8. The van der Waals surface area contributed by atoms with Crippen molar-refractivity contribution in [2.24, 2.45) is 0 Å². The third-order valence-electron chi connectivity index (χ3n) is 3.63. The van der Waals surface area contributed by atoms with Crippen molar-refractivity contribution in [3.05, 3.63) is 16.4 Å². The van der Waals surface area contributed by atoms with E-state index in [9.17, 15) is 5.11 Å². The van der Waals surface area contributed by atoms with Crippen molar-refractivity contribution in [3.63, 3.8) is 0 Å². The number of halogens is 1. The summed E-state index contributed by atoms with van der Waals surface area (Å²) < 4.78 is 2.83. The Labute approximate surface area is 128 Å². The molecule has 19 heavy (non-hydrogen) atoms. The van der Waals surface area contributed by atoms with Crippen molar-refractivity contribution in [2.45, 2.75) is 63.3 Å². The summed E-state index contributed by atoms with van der Waals surface area (Å²) in [6, 6.07) is 0.274. The van der Waals surface area contributed by atoms with Crippen molar-refractivity contribution in [3.8, 4) is 0 Å². The number of hydrogen-bond donors (Lipinski definition) is 1. The monoisotopic (exact) mass is 346 g/mol. The van der Waals surface area contributed by atoms with E-state index >= 15 is 0 Å². The van der Waals surface area contributed by atoms with Crippen LogP contribution in [0.4, 0.5) is 0 Å². The maximum atomic E-state index is 10.4. The van der Waals surface area contributed by atoms with Crippen LogP contribution in [0, 0.1) is 0 Å². The van der Waals surface area contributed by atoms with Crippen molar-refractivity contribution < 1.29 is 5.11 Å². The number of nitrogens with zero attached hydrogens (tertiary/aromatic N) is 2. The molecule has 1 aromatic heterocycles. The lowest BCUT2D eigenvalue weighted by Gasteiger charge is -2.23. The molecule has 1 aliphatic rings. The van der Waals surface area contributed by atoms with Gasteiger partial charge in [0.05, 0.1) is 16.4 Å². The van der Waals surface area contributed by atoms with Gasteiger partial charge in [-0.3, -0.25) is 4.68 Å². The second-order valence-electron chi connectivity index (χ2n) is 5.53. The molecule has 3 nitrogen and oxygen atoms in total. The summed E-state index contributed by atoms with van der Waals surface area (Å²) >= 11 is 5.42. The standard InChI is InChI=1S/C14H23BrN2OS/c1-10(2)17-14(12(15)8-16-17)13(18)9-19-11-6-4-3-5-7-11/h8,10-11,13,18H,3-7,9H2,1-2H3. The predicted molar refractivity (Wildman–Crippen MR) is 84.6 cm³/mol. The van der Waals surface area contributed by atoms with Gasteiger partial charge in [-0.2, -0.15) is 16.9 Å². The quantitative estimate of drug-likeness (QED) is 0.862. The average Bonchev–Trinajstić information content (AvgIpc) is 2.79. The first-order valence-corrected chi connectivity index (χ1v) is 8.96. The van der Waals surface area contributed by atoms with E-state index in [2.05, 4.69) is 34.9 Å². The van der Waals surface area contributed by atoms with Crippen molar-refractivity contribution >= 4 is 27.7 Å². The Hall–Kier alpha value is -0.0000000000000000555. The van der Waals surface area contributed by atoms with E-state index in [0.717, 1.165) is 21.2 Å². The van der Waals surface area contributed by atoms with Crippen LogP contribution in [0.5, 0.6) is 0 Å². The molecular formula is C14H23BrN2OS. The molecule has 0 radical (unpaired) electrons. The third kappa shape index (κ3) is 3.99. The average molecular weight is 347 g/mol. The van der Waals surface area contributed by atoms with Crippen LogP contribution in [-0.4, -0.2) is 25.9 Å². The molecule has 108 valence electrons. The van der Waals surface area contributed by atoms with Crippen LogP contribution in [-0.2, 0) is 0 Å². The normalized spacial score (nSPS) is 19.0. The lowest BCUT2D eigenvalue weighted by atomic mass is 10.0. The third-order valence-corrected chi connectivity index (χ3v) is 5.70. The van der Waals surface area contributed by atoms with Crippen LogP contribution >= 0.6 is 27.7 Å². The van der Waals surface area contributed by atoms with Gasteiger partial charge in [-0.25, -0.2) is 0 Å². The highest BCUT2D eigenvalue weighted by molar-refractivity contribution is 9.10. The highest BCUT2D eigenvalue weighted by atomic mass is 79.9. The molecular weight excluding hydrogens is 324 g/mol. The van der Waals surface area contributed by atoms with E-state index in [-0.39, 0.29) is 6.04 Å². The minimum absolute atomic E-state index is 0.274. The smallest absolute Gasteiger partial charge is 0.106 e. The van der Waals surface area contributed by atoms with Crippen molar-refractivity contribution in [1.29, 1.82) is 0 Å². The van der Waals surface area contributed by atoms with Crippen molar-refractivity contribution in [2.75, 3.05) is 5.75 Å². The first-order valence-electron chi connectivity index (χ1n) is 7.12. The molecule has 1 aliphatic carbocycles. The van der Waals surface area contributed by atoms with Gasteiger partial charge in [0.1, 0.15) is 6.10 Å². The Balaban J connectivity index is 1.95. The SMILES string of the molecule is CC(C)n1ncc(Br)c1C(O)CSC1CCCCC1. The number of thioether (sulfide) groups is 1. The van der Waals surface area contributed by atoms with Gasteiger partial charge < -0.3 is 5.11 Å². The first kappa shape index (κ1) is 15.4. The Kier molecular flexibility index (Phi) is 5.78. The molecule has 2 rings (SSSR count). The second-order valence-corrected chi connectivity index (χ2v) is 7.71. The van der Waals surface area contributed by atoms with Crippen LogP contribution < -0.4 is 0 Å². The largest absolute Gasteiger partial charge is 0.386 e. The lowest BCUT2D eigenvalue weighted by Crippen LogP contribution is -2.16. The molecule has 1 unspecified atom stereocenters. The first-order chi connectivity index (χ1) is 9.09. The van der Waals surface area contributed by atoms with Gasteiger partial charge >= 0.3 is 0 Å². The van der Waals surface area contributed by atoms with Gasteiger partial charge in [-0.1, -0.05) is 19.3 Å². The van der Waals surface area contributed by atoms with Crippen LogP contribution in [0.1, 0.15) is 63.8 Å². The van der Waals surface area contributed by atoms with E-state index in [4.69, 9.17) is 0 Å². The summed E-state index contributed by atoms with van der Waals surface area (Å²) in [5.41, 5.74) is 0.915. The molecule has 0 saturated heterocycles. The fourth-order valence-corrected chi connectivity index (χ4v) is 4.43. The fourth-order valence-electron chi connectivity index (χ4n) is 2.61. The van der Waals surface area contributed by atoms with E-state index in [1.54, 1.807) is 6.20 Å². The minimum atomic E-state index is -0.439. The molecule has 0 aliphatic heterocycles. The molecule has 1 atom stereocenters. The van der Waals surface area contributed by atoms with E-state index in [0.29, 0.717) is 0 Å². The Bertz CT molecular complexity index is 402. The maximum Gasteiger partial charge on any atom is 0.106 e. The highest BCUT2D eigenvalue weighted by Gasteiger charge is 2.21. The van der Waals surface area contributed by atoms with Gasteiger partial charge in [0.25, 0.3) is 0 Å². The van der Waals surface area contributed by atoms with Crippen LogP contribution in [0.2, 0.25) is 0 Å². The number of aromatic nitrogens is 2. The van der Waals surface area contributed by atoms with Gasteiger partial charge in [0, 0.05) is 17.0 Å².